The van der Waals surface area contributed by atoms with Crippen molar-refractivity contribution < 1.29 is 4.74 Å². The van der Waals surface area contributed by atoms with Gasteiger partial charge in [0.05, 0.1) is 11.6 Å². The third kappa shape index (κ3) is 5.63. The summed E-state index contributed by atoms with van der Waals surface area (Å²) >= 11 is 1.81. The largest absolute Gasteiger partial charge is 0.380 e. The van der Waals surface area contributed by atoms with Gasteiger partial charge in [-0.15, -0.1) is 35.3 Å². The van der Waals surface area contributed by atoms with E-state index in [2.05, 4.69) is 37.6 Å². The average molecular weight is 424 g/mol. The van der Waals surface area contributed by atoms with Crippen LogP contribution in [0.5, 0.6) is 0 Å². The molecule has 1 aliphatic rings. The molecule has 0 atom stereocenters. The summed E-state index contributed by atoms with van der Waals surface area (Å²) in [5.41, 5.74) is 0. The Morgan fingerprint density at radius 3 is 2.71 bits per heavy atom. The van der Waals surface area contributed by atoms with Gasteiger partial charge in [-0.25, -0.2) is 0 Å². The zero-order valence-corrected chi connectivity index (χ0v) is 15.9. The number of rotatable bonds is 5. The van der Waals surface area contributed by atoms with Crippen molar-refractivity contribution in [2.75, 3.05) is 57.9 Å². The van der Waals surface area contributed by atoms with E-state index in [1.807, 2.05) is 25.3 Å². The second-order valence-corrected chi connectivity index (χ2v) is 5.52. The van der Waals surface area contributed by atoms with Crippen molar-refractivity contribution in [1.82, 2.24) is 10.2 Å². The van der Waals surface area contributed by atoms with E-state index in [4.69, 9.17) is 4.74 Å². The van der Waals surface area contributed by atoms with Gasteiger partial charge in [-0.1, -0.05) is 0 Å². The van der Waals surface area contributed by atoms with Gasteiger partial charge in [0.15, 0.2) is 5.96 Å². The molecule has 0 bridgehead atoms. The maximum Gasteiger partial charge on any atom is 0.193 e. The topological polar surface area (TPSA) is 40.1 Å². The number of ether oxygens (including phenoxy) is 1. The number of hydrogen-bond acceptors (Lipinski definition) is 4. The van der Waals surface area contributed by atoms with Gasteiger partial charge in [-0.05, 0) is 24.4 Å². The first-order valence-electron chi connectivity index (χ1n) is 7.17. The Hall–Kier alpha value is -0.540. The molecule has 120 valence electrons. The molecule has 1 saturated heterocycles. The quantitative estimate of drug-likeness (QED) is 0.340. The lowest BCUT2D eigenvalue weighted by atomic mass is 10.3. The smallest absolute Gasteiger partial charge is 0.193 e. The highest BCUT2D eigenvalue weighted by Gasteiger charge is 2.19. The van der Waals surface area contributed by atoms with Gasteiger partial charge in [0.2, 0.25) is 0 Å². The minimum Gasteiger partial charge on any atom is -0.380 e. The summed E-state index contributed by atoms with van der Waals surface area (Å²) in [5, 5.41) is 6.86. The second kappa shape index (κ2) is 10.2. The summed E-state index contributed by atoms with van der Waals surface area (Å²) in [4.78, 5) is 9.11. The molecule has 1 aromatic rings. The fourth-order valence-electron chi connectivity index (χ4n) is 2.30. The molecule has 0 amide bonds. The number of aliphatic imine (C=N–C) groups is 1. The molecule has 0 spiro atoms. The lowest BCUT2D eigenvalue weighted by Crippen LogP contribution is -2.52. The van der Waals surface area contributed by atoms with Crippen molar-refractivity contribution in [3.63, 3.8) is 0 Å². The second-order valence-electron chi connectivity index (χ2n) is 4.60. The summed E-state index contributed by atoms with van der Waals surface area (Å²) in [6.45, 7) is 8.42. The van der Waals surface area contributed by atoms with E-state index < -0.39 is 0 Å². The van der Waals surface area contributed by atoms with Crippen LogP contribution in [0.4, 0.5) is 5.00 Å². The molecule has 0 radical (unpaired) electrons. The van der Waals surface area contributed by atoms with E-state index in [1.165, 1.54) is 5.00 Å². The van der Waals surface area contributed by atoms with Crippen LogP contribution in [0.3, 0.4) is 0 Å². The Kier molecular flexibility index (Phi) is 9.02. The molecule has 2 rings (SSSR count). The molecule has 1 aromatic heterocycles. The Morgan fingerprint density at radius 1 is 1.38 bits per heavy atom. The van der Waals surface area contributed by atoms with Gasteiger partial charge in [0.1, 0.15) is 0 Å². The highest BCUT2D eigenvalue weighted by atomic mass is 127. The first-order valence-corrected chi connectivity index (χ1v) is 8.05. The maximum absolute atomic E-state index is 5.34. The van der Waals surface area contributed by atoms with E-state index in [0.29, 0.717) is 0 Å². The van der Waals surface area contributed by atoms with Crippen molar-refractivity contribution in [1.29, 1.82) is 0 Å². The third-order valence-electron chi connectivity index (χ3n) is 3.34. The predicted molar refractivity (Wildman–Crippen MR) is 101 cm³/mol. The Morgan fingerprint density at radius 2 is 2.14 bits per heavy atom. The van der Waals surface area contributed by atoms with Crippen molar-refractivity contribution in [3.05, 3.63) is 17.5 Å². The maximum atomic E-state index is 5.34. The monoisotopic (exact) mass is 424 g/mol. The standard InChI is InChI=1S/C14H24N4OS.HI/c1-3-19-11-6-16-14(15-2)18-9-7-17(8-10-18)13-5-4-12-20-13;/h4-5,12H,3,6-11H2,1-2H3,(H,15,16);1H. The van der Waals surface area contributed by atoms with E-state index in [0.717, 1.165) is 51.9 Å². The molecule has 2 heterocycles. The van der Waals surface area contributed by atoms with Crippen LogP contribution < -0.4 is 10.2 Å². The molecular weight excluding hydrogens is 399 g/mol. The average Bonchev–Trinajstić information content (AvgIpc) is 3.02. The zero-order valence-electron chi connectivity index (χ0n) is 12.7. The predicted octanol–water partition coefficient (Wildman–Crippen LogP) is 2.10. The van der Waals surface area contributed by atoms with Crippen molar-refractivity contribution in [2.45, 2.75) is 6.92 Å². The molecule has 21 heavy (non-hydrogen) atoms. The highest BCUT2D eigenvalue weighted by Crippen LogP contribution is 2.22. The van der Waals surface area contributed by atoms with Crippen molar-refractivity contribution >= 4 is 46.3 Å². The number of thiophene rings is 1. The summed E-state index contributed by atoms with van der Waals surface area (Å²) < 4.78 is 5.34. The molecule has 1 N–H and O–H groups in total. The number of guanidine groups is 1. The van der Waals surface area contributed by atoms with Crippen molar-refractivity contribution in [3.8, 4) is 0 Å². The molecule has 0 saturated carbocycles. The molecule has 0 unspecified atom stereocenters. The Labute approximate surface area is 148 Å². The molecule has 1 aliphatic heterocycles. The molecule has 5 nitrogen and oxygen atoms in total. The third-order valence-corrected chi connectivity index (χ3v) is 4.27. The van der Waals surface area contributed by atoms with Crippen LogP contribution in [0.15, 0.2) is 22.5 Å². The van der Waals surface area contributed by atoms with Crippen LogP contribution in [0.2, 0.25) is 0 Å². The fraction of sp³-hybridized carbons (Fsp3) is 0.643. The molecule has 1 fully saturated rings. The van der Waals surface area contributed by atoms with Crippen LogP contribution in [0.25, 0.3) is 0 Å². The fourth-order valence-corrected chi connectivity index (χ4v) is 3.09. The van der Waals surface area contributed by atoms with Gasteiger partial charge >= 0.3 is 0 Å². The van der Waals surface area contributed by atoms with E-state index in [-0.39, 0.29) is 24.0 Å². The molecule has 0 aromatic carbocycles. The lowest BCUT2D eigenvalue weighted by molar-refractivity contribution is 0.151. The molecule has 0 aliphatic carbocycles. The van der Waals surface area contributed by atoms with Crippen LogP contribution in [-0.2, 0) is 4.74 Å². The number of halogens is 1. The lowest BCUT2D eigenvalue weighted by Gasteiger charge is -2.37. The molecule has 7 heteroatoms. The Bertz CT molecular complexity index is 405. The SMILES string of the molecule is CCOCCNC(=NC)N1CCN(c2cccs2)CC1.I. The number of anilines is 1. The number of nitrogens with zero attached hydrogens (tertiary/aromatic N) is 3. The first-order chi connectivity index (χ1) is 9.85. The van der Waals surface area contributed by atoms with Crippen LogP contribution >= 0.6 is 35.3 Å². The normalized spacial score (nSPS) is 15.8. The number of piperazine rings is 1. The van der Waals surface area contributed by atoms with Gasteiger partial charge in [0, 0.05) is 46.4 Å². The van der Waals surface area contributed by atoms with Gasteiger partial charge in [-0.3, -0.25) is 4.99 Å². The summed E-state index contributed by atoms with van der Waals surface area (Å²) in [5.74, 6) is 0.982. The first kappa shape index (κ1) is 18.5. The van der Waals surface area contributed by atoms with Gasteiger partial charge in [0.25, 0.3) is 0 Å². The van der Waals surface area contributed by atoms with Gasteiger partial charge < -0.3 is 19.9 Å². The van der Waals surface area contributed by atoms with E-state index >= 15 is 0 Å². The van der Waals surface area contributed by atoms with E-state index in [1.54, 1.807) is 0 Å². The number of hydrogen-bond donors (Lipinski definition) is 1. The van der Waals surface area contributed by atoms with E-state index in [9.17, 15) is 0 Å². The van der Waals surface area contributed by atoms with Gasteiger partial charge in [-0.2, -0.15) is 0 Å². The highest BCUT2D eigenvalue weighted by molar-refractivity contribution is 14.0. The summed E-state index contributed by atoms with van der Waals surface area (Å²) in [7, 11) is 1.84. The van der Waals surface area contributed by atoms with Crippen molar-refractivity contribution in [2.24, 2.45) is 4.99 Å². The van der Waals surface area contributed by atoms with Crippen LogP contribution in [-0.4, -0.2) is 63.8 Å². The summed E-state index contributed by atoms with van der Waals surface area (Å²) in [6.07, 6.45) is 0. The van der Waals surface area contributed by atoms with Crippen LogP contribution in [0.1, 0.15) is 6.92 Å². The minimum absolute atomic E-state index is 0. The minimum atomic E-state index is 0. The zero-order chi connectivity index (χ0) is 14.2. The Balaban J connectivity index is 0.00000220. The number of nitrogens with one attached hydrogen (secondary N) is 1. The summed E-state index contributed by atoms with van der Waals surface area (Å²) in [6, 6.07) is 4.30. The van der Waals surface area contributed by atoms with Crippen LogP contribution in [0, 0.1) is 0 Å². The molecular formula is C14H25IN4OS.